The summed E-state index contributed by atoms with van der Waals surface area (Å²) in [5.41, 5.74) is -0.256. The standard InChI is InChI=1S/C19H24F3N3O3/c20-19(21,22)15-4-1-3-14(11-15)13-25-7-5-23-18(27)16(25)12-17(26)24-6-2-9-28-10-8-24/h1,3-4,11,16H,2,5-10,12-13H2,(H,23,27)/t16-/m1/s1. The van der Waals surface area contributed by atoms with Gasteiger partial charge in [-0.3, -0.25) is 14.5 Å². The van der Waals surface area contributed by atoms with Crippen LogP contribution in [-0.2, 0) is 27.0 Å². The van der Waals surface area contributed by atoms with Crippen molar-refractivity contribution >= 4 is 11.8 Å². The lowest BCUT2D eigenvalue weighted by atomic mass is 10.0. The van der Waals surface area contributed by atoms with Crippen molar-refractivity contribution in [3.05, 3.63) is 35.4 Å². The lowest BCUT2D eigenvalue weighted by Gasteiger charge is -2.35. The number of nitrogens with zero attached hydrogens (tertiary/aromatic N) is 2. The van der Waals surface area contributed by atoms with Gasteiger partial charge < -0.3 is 15.0 Å². The van der Waals surface area contributed by atoms with Crippen LogP contribution in [-0.4, -0.2) is 67.0 Å². The topological polar surface area (TPSA) is 61.9 Å². The van der Waals surface area contributed by atoms with Gasteiger partial charge in [0.2, 0.25) is 11.8 Å². The van der Waals surface area contributed by atoms with Crippen molar-refractivity contribution in [1.82, 2.24) is 15.1 Å². The third kappa shape index (κ3) is 5.23. The zero-order chi connectivity index (χ0) is 20.1. The van der Waals surface area contributed by atoms with Crippen LogP contribution < -0.4 is 5.32 Å². The van der Waals surface area contributed by atoms with Crippen LogP contribution in [0.3, 0.4) is 0 Å². The molecule has 2 amide bonds. The molecule has 0 aromatic heterocycles. The highest BCUT2D eigenvalue weighted by molar-refractivity contribution is 5.88. The smallest absolute Gasteiger partial charge is 0.380 e. The summed E-state index contributed by atoms with van der Waals surface area (Å²) >= 11 is 0. The van der Waals surface area contributed by atoms with Crippen molar-refractivity contribution in [1.29, 1.82) is 0 Å². The highest BCUT2D eigenvalue weighted by Crippen LogP contribution is 2.30. The van der Waals surface area contributed by atoms with Crippen molar-refractivity contribution in [3.8, 4) is 0 Å². The van der Waals surface area contributed by atoms with Crippen LogP contribution in [0.2, 0.25) is 0 Å². The van der Waals surface area contributed by atoms with Crippen molar-refractivity contribution in [2.24, 2.45) is 0 Å². The fraction of sp³-hybridized carbons (Fsp3) is 0.579. The highest BCUT2D eigenvalue weighted by atomic mass is 19.4. The molecule has 1 aromatic rings. The van der Waals surface area contributed by atoms with Crippen LogP contribution in [0.25, 0.3) is 0 Å². The molecular weight excluding hydrogens is 375 g/mol. The molecule has 154 valence electrons. The zero-order valence-corrected chi connectivity index (χ0v) is 15.5. The van der Waals surface area contributed by atoms with Crippen molar-refractivity contribution in [2.75, 3.05) is 39.4 Å². The molecule has 2 heterocycles. The van der Waals surface area contributed by atoms with Crippen molar-refractivity contribution < 1.29 is 27.5 Å². The second-order valence-corrected chi connectivity index (χ2v) is 7.03. The van der Waals surface area contributed by atoms with Crippen molar-refractivity contribution in [3.63, 3.8) is 0 Å². The van der Waals surface area contributed by atoms with Crippen molar-refractivity contribution in [2.45, 2.75) is 31.6 Å². The molecule has 2 aliphatic heterocycles. The first-order valence-corrected chi connectivity index (χ1v) is 9.38. The molecule has 1 aromatic carbocycles. The maximum atomic E-state index is 13.0. The predicted molar refractivity (Wildman–Crippen MR) is 95.3 cm³/mol. The number of hydrogen-bond acceptors (Lipinski definition) is 4. The van der Waals surface area contributed by atoms with Gasteiger partial charge in [-0.05, 0) is 18.1 Å². The van der Waals surface area contributed by atoms with Gasteiger partial charge in [-0.25, -0.2) is 0 Å². The lowest BCUT2D eigenvalue weighted by molar-refractivity contribution is -0.139. The van der Waals surface area contributed by atoms with Crippen LogP contribution in [0.15, 0.2) is 24.3 Å². The number of benzene rings is 1. The molecule has 9 heteroatoms. The van der Waals surface area contributed by atoms with Crippen LogP contribution in [0, 0.1) is 0 Å². The molecule has 2 fully saturated rings. The molecular formula is C19H24F3N3O3. The molecule has 0 saturated carbocycles. The number of rotatable bonds is 4. The Morgan fingerprint density at radius 3 is 2.82 bits per heavy atom. The molecule has 28 heavy (non-hydrogen) atoms. The number of carbonyl (C=O) groups excluding carboxylic acids is 2. The third-order valence-corrected chi connectivity index (χ3v) is 5.02. The Labute approximate surface area is 161 Å². The zero-order valence-electron chi connectivity index (χ0n) is 15.5. The van der Waals surface area contributed by atoms with E-state index in [0.717, 1.165) is 18.6 Å². The minimum absolute atomic E-state index is 0.00476. The van der Waals surface area contributed by atoms with Gasteiger partial charge in [0.05, 0.1) is 24.6 Å². The van der Waals surface area contributed by atoms with Gasteiger partial charge in [0.15, 0.2) is 0 Å². The minimum Gasteiger partial charge on any atom is -0.380 e. The number of halogens is 3. The number of ether oxygens (including phenoxy) is 1. The number of hydrogen-bond donors (Lipinski definition) is 1. The van der Waals surface area contributed by atoms with E-state index >= 15 is 0 Å². The van der Waals surface area contributed by atoms with Crippen LogP contribution in [0.4, 0.5) is 13.2 Å². The monoisotopic (exact) mass is 399 g/mol. The summed E-state index contributed by atoms with van der Waals surface area (Å²) in [4.78, 5) is 28.5. The SMILES string of the molecule is O=C1NCCN(Cc2cccc(C(F)(F)F)c2)[C@@H]1CC(=O)N1CCCOCC1. The maximum Gasteiger partial charge on any atom is 0.416 e. The quantitative estimate of drug-likeness (QED) is 0.836. The fourth-order valence-electron chi connectivity index (χ4n) is 3.54. The van der Waals surface area contributed by atoms with Crippen LogP contribution in [0.1, 0.15) is 24.0 Å². The largest absolute Gasteiger partial charge is 0.416 e. The summed E-state index contributed by atoms with van der Waals surface area (Å²) in [7, 11) is 0. The Morgan fingerprint density at radius 2 is 2.04 bits per heavy atom. The molecule has 1 atom stereocenters. The fourth-order valence-corrected chi connectivity index (χ4v) is 3.54. The predicted octanol–water partition coefficient (Wildman–Crippen LogP) is 1.64. The second kappa shape index (κ2) is 8.91. The van der Waals surface area contributed by atoms with Gasteiger partial charge in [0.1, 0.15) is 0 Å². The Kier molecular flexibility index (Phi) is 6.56. The molecule has 2 aliphatic rings. The summed E-state index contributed by atoms with van der Waals surface area (Å²) < 4.78 is 44.2. The number of carbonyl (C=O) groups is 2. The molecule has 0 bridgehead atoms. The Balaban J connectivity index is 1.70. The van der Waals surface area contributed by atoms with E-state index in [1.807, 2.05) is 0 Å². The maximum absolute atomic E-state index is 13.0. The van der Waals surface area contributed by atoms with E-state index in [4.69, 9.17) is 4.74 Å². The molecule has 0 spiro atoms. The van der Waals surface area contributed by atoms with E-state index in [2.05, 4.69) is 5.32 Å². The molecule has 2 saturated heterocycles. The normalized spacial score (nSPS) is 21.9. The average Bonchev–Trinajstić information content (AvgIpc) is 2.93. The van der Waals surface area contributed by atoms with E-state index in [9.17, 15) is 22.8 Å². The van der Waals surface area contributed by atoms with Crippen LogP contribution >= 0.6 is 0 Å². The van der Waals surface area contributed by atoms with Gasteiger partial charge in [0.25, 0.3) is 0 Å². The van der Waals surface area contributed by atoms with Crippen LogP contribution in [0.5, 0.6) is 0 Å². The number of nitrogens with one attached hydrogen (secondary N) is 1. The first kappa shape index (κ1) is 20.6. The molecule has 0 aliphatic carbocycles. The second-order valence-electron chi connectivity index (χ2n) is 7.03. The first-order valence-electron chi connectivity index (χ1n) is 9.38. The summed E-state index contributed by atoms with van der Waals surface area (Å²) in [6.07, 6.45) is -3.67. The lowest BCUT2D eigenvalue weighted by Crippen LogP contribution is -2.56. The molecule has 1 N–H and O–H groups in total. The highest BCUT2D eigenvalue weighted by Gasteiger charge is 2.34. The third-order valence-electron chi connectivity index (χ3n) is 5.02. The number of amides is 2. The van der Waals surface area contributed by atoms with Gasteiger partial charge in [-0.2, -0.15) is 13.2 Å². The van der Waals surface area contributed by atoms with Gasteiger partial charge in [-0.1, -0.05) is 18.2 Å². The number of alkyl halides is 3. The van der Waals surface area contributed by atoms with E-state index in [-0.39, 0.29) is 24.8 Å². The first-order chi connectivity index (χ1) is 13.3. The van der Waals surface area contributed by atoms with E-state index in [0.29, 0.717) is 45.0 Å². The van der Waals surface area contributed by atoms with E-state index < -0.39 is 17.8 Å². The minimum atomic E-state index is -4.42. The van der Waals surface area contributed by atoms with Gasteiger partial charge in [0, 0.05) is 39.3 Å². The van der Waals surface area contributed by atoms with Gasteiger partial charge >= 0.3 is 6.18 Å². The Bertz CT molecular complexity index is 703. The Morgan fingerprint density at radius 1 is 1.21 bits per heavy atom. The number of piperazine rings is 1. The van der Waals surface area contributed by atoms with E-state index in [1.165, 1.54) is 6.07 Å². The summed E-state index contributed by atoms with van der Waals surface area (Å²) in [5.74, 6) is -0.403. The summed E-state index contributed by atoms with van der Waals surface area (Å²) in [6.45, 7) is 3.20. The van der Waals surface area contributed by atoms with E-state index in [1.54, 1.807) is 15.9 Å². The summed E-state index contributed by atoms with van der Waals surface area (Å²) in [5, 5.41) is 2.75. The molecule has 3 rings (SSSR count). The Hall–Kier alpha value is -2.13. The van der Waals surface area contributed by atoms with Gasteiger partial charge in [-0.15, -0.1) is 0 Å². The summed E-state index contributed by atoms with van der Waals surface area (Å²) in [6, 6.07) is 4.39. The molecule has 6 nitrogen and oxygen atoms in total. The molecule has 0 unspecified atom stereocenters. The average molecular weight is 399 g/mol. The molecule has 0 radical (unpaired) electrons.